The van der Waals surface area contributed by atoms with Gasteiger partial charge < -0.3 is 4.74 Å². The number of hydrogen-bond donors (Lipinski definition) is 1. The van der Waals surface area contributed by atoms with Crippen molar-refractivity contribution in [2.75, 3.05) is 31.0 Å². The van der Waals surface area contributed by atoms with Gasteiger partial charge in [0, 0.05) is 20.1 Å². The molecular formula is C16H22N4O5S2. The van der Waals surface area contributed by atoms with Crippen LogP contribution in [-0.2, 0) is 31.8 Å². The fourth-order valence-corrected chi connectivity index (χ4v) is 5.43. The summed E-state index contributed by atoms with van der Waals surface area (Å²) in [5.41, 5.74) is 1.66. The number of aryl methyl sites for hydroxylation is 2. The first kappa shape index (κ1) is 19.8. The van der Waals surface area contributed by atoms with Gasteiger partial charge in [-0.15, -0.1) is 0 Å². The van der Waals surface area contributed by atoms with Crippen molar-refractivity contribution in [3.05, 3.63) is 35.7 Å². The Hall–Kier alpha value is -1.95. The number of sulfonamides is 2. The van der Waals surface area contributed by atoms with Gasteiger partial charge in [0.25, 0.3) is 10.0 Å². The van der Waals surface area contributed by atoms with E-state index >= 15 is 0 Å². The second kappa shape index (κ2) is 7.23. The van der Waals surface area contributed by atoms with E-state index in [1.807, 2.05) is 0 Å². The minimum Gasteiger partial charge on any atom is -0.379 e. The molecule has 1 fully saturated rings. The molecule has 27 heavy (non-hydrogen) atoms. The van der Waals surface area contributed by atoms with Crippen LogP contribution < -0.4 is 4.72 Å². The monoisotopic (exact) mass is 414 g/mol. The highest BCUT2D eigenvalue weighted by atomic mass is 32.2. The molecule has 3 rings (SSSR count). The van der Waals surface area contributed by atoms with Crippen molar-refractivity contribution in [1.82, 2.24) is 14.1 Å². The molecule has 0 bridgehead atoms. The van der Waals surface area contributed by atoms with Crippen LogP contribution in [0.1, 0.15) is 11.4 Å². The van der Waals surface area contributed by atoms with Crippen LogP contribution in [0.15, 0.2) is 34.1 Å². The molecule has 1 N–H and O–H groups in total. The van der Waals surface area contributed by atoms with E-state index in [9.17, 15) is 16.8 Å². The third kappa shape index (κ3) is 3.86. The van der Waals surface area contributed by atoms with E-state index in [1.165, 1.54) is 28.6 Å². The Kier molecular flexibility index (Phi) is 5.30. The lowest BCUT2D eigenvalue weighted by atomic mass is 10.3. The van der Waals surface area contributed by atoms with Crippen LogP contribution in [0.5, 0.6) is 0 Å². The van der Waals surface area contributed by atoms with Crippen LogP contribution in [0.2, 0.25) is 0 Å². The van der Waals surface area contributed by atoms with Crippen LogP contribution >= 0.6 is 0 Å². The molecule has 1 aromatic carbocycles. The largest absolute Gasteiger partial charge is 0.379 e. The van der Waals surface area contributed by atoms with Gasteiger partial charge in [0.15, 0.2) is 0 Å². The van der Waals surface area contributed by atoms with Crippen LogP contribution in [0.25, 0.3) is 0 Å². The molecule has 11 heteroatoms. The van der Waals surface area contributed by atoms with Crippen molar-refractivity contribution in [3.63, 3.8) is 0 Å². The number of nitrogens with one attached hydrogen (secondary N) is 1. The number of anilines is 1. The van der Waals surface area contributed by atoms with Crippen LogP contribution in [-0.4, -0.2) is 57.2 Å². The molecular weight excluding hydrogens is 392 g/mol. The molecule has 0 saturated carbocycles. The molecule has 2 heterocycles. The number of rotatable bonds is 5. The number of benzene rings is 1. The molecule has 0 aliphatic carbocycles. The predicted molar refractivity (Wildman–Crippen MR) is 99.5 cm³/mol. The number of nitrogens with zero attached hydrogens (tertiary/aromatic N) is 3. The SMILES string of the molecule is Cc1nn(C)c(C)c1NS(=O)(=O)c1ccc(S(=O)(=O)N2CCOCC2)cc1. The van der Waals surface area contributed by atoms with Crippen LogP contribution in [0.3, 0.4) is 0 Å². The number of ether oxygens (including phenoxy) is 1. The average molecular weight is 415 g/mol. The van der Waals surface area contributed by atoms with Gasteiger partial charge in [0.05, 0.1) is 40.1 Å². The number of morpholine rings is 1. The molecule has 2 aromatic rings. The first-order chi connectivity index (χ1) is 12.6. The molecule has 1 aromatic heterocycles. The fraction of sp³-hybridized carbons (Fsp3) is 0.438. The normalized spacial score (nSPS) is 16.4. The topological polar surface area (TPSA) is 111 Å². The van der Waals surface area contributed by atoms with Crippen LogP contribution in [0, 0.1) is 13.8 Å². The second-order valence-corrected chi connectivity index (χ2v) is 9.88. The summed E-state index contributed by atoms with van der Waals surface area (Å²) in [7, 11) is -5.80. The predicted octanol–water partition coefficient (Wildman–Crippen LogP) is 0.859. The molecule has 0 atom stereocenters. The Balaban J connectivity index is 1.86. The standard InChI is InChI=1S/C16H22N4O5S2/c1-12-16(13(2)19(3)17-12)18-26(21,22)14-4-6-15(7-5-14)27(23,24)20-8-10-25-11-9-20/h4-7,18H,8-11H2,1-3H3. The third-order valence-electron chi connectivity index (χ3n) is 4.49. The molecule has 9 nitrogen and oxygen atoms in total. The Bertz CT molecular complexity index is 1040. The number of aromatic nitrogens is 2. The van der Waals surface area contributed by atoms with E-state index in [4.69, 9.17) is 4.74 Å². The highest BCUT2D eigenvalue weighted by Crippen LogP contribution is 2.24. The Labute approximate surface area is 159 Å². The van der Waals surface area contributed by atoms with Crippen molar-refractivity contribution in [3.8, 4) is 0 Å². The van der Waals surface area contributed by atoms with E-state index in [-0.39, 0.29) is 22.9 Å². The first-order valence-electron chi connectivity index (χ1n) is 8.34. The van der Waals surface area contributed by atoms with Crippen molar-refractivity contribution in [1.29, 1.82) is 0 Å². The fourth-order valence-electron chi connectivity index (χ4n) is 2.84. The lowest BCUT2D eigenvalue weighted by molar-refractivity contribution is 0.0730. The minimum atomic E-state index is -3.86. The van der Waals surface area contributed by atoms with Crippen molar-refractivity contribution >= 4 is 25.7 Å². The summed E-state index contributed by atoms with van der Waals surface area (Å²) in [5, 5.41) is 4.18. The van der Waals surface area contributed by atoms with E-state index in [1.54, 1.807) is 25.6 Å². The van der Waals surface area contributed by atoms with Crippen molar-refractivity contribution in [2.45, 2.75) is 23.6 Å². The van der Waals surface area contributed by atoms with Gasteiger partial charge in [0.2, 0.25) is 10.0 Å². The van der Waals surface area contributed by atoms with Gasteiger partial charge in [-0.3, -0.25) is 9.40 Å². The van der Waals surface area contributed by atoms with Gasteiger partial charge >= 0.3 is 0 Å². The zero-order valence-corrected chi connectivity index (χ0v) is 17.0. The van der Waals surface area contributed by atoms with Gasteiger partial charge in [-0.25, -0.2) is 16.8 Å². The lowest BCUT2D eigenvalue weighted by Crippen LogP contribution is -2.40. The third-order valence-corrected chi connectivity index (χ3v) is 7.77. The van der Waals surface area contributed by atoms with Crippen LogP contribution in [0.4, 0.5) is 5.69 Å². The Morgan fingerprint density at radius 1 is 1.00 bits per heavy atom. The molecule has 0 radical (unpaired) electrons. The van der Waals surface area contributed by atoms with Crippen molar-refractivity contribution < 1.29 is 21.6 Å². The molecule has 0 unspecified atom stereocenters. The summed E-state index contributed by atoms with van der Waals surface area (Å²) >= 11 is 0. The molecule has 0 spiro atoms. The van der Waals surface area contributed by atoms with Crippen molar-refractivity contribution in [2.24, 2.45) is 7.05 Å². The Morgan fingerprint density at radius 2 is 1.56 bits per heavy atom. The average Bonchev–Trinajstić information content (AvgIpc) is 2.88. The molecule has 1 aliphatic rings. The second-order valence-electron chi connectivity index (χ2n) is 6.26. The molecule has 148 valence electrons. The maximum atomic E-state index is 12.7. The quantitative estimate of drug-likeness (QED) is 0.777. The zero-order chi connectivity index (χ0) is 19.8. The molecule has 1 saturated heterocycles. The highest BCUT2D eigenvalue weighted by Gasteiger charge is 2.27. The smallest absolute Gasteiger partial charge is 0.262 e. The van der Waals surface area contributed by atoms with E-state index < -0.39 is 20.0 Å². The molecule has 1 aliphatic heterocycles. The van der Waals surface area contributed by atoms with E-state index in [2.05, 4.69) is 9.82 Å². The lowest BCUT2D eigenvalue weighted by Gasteiger charge is -2.26. The summed E-state index contributed by atoms with van der Waals surface area (Å²) in [5.74, 6) is 0. The summed E-state index contributed by atoms with van der Waals surface area (Å²) in [6, 6.07) is 5.19. The van der Waals surface area contributed by atoms with E-state index in [0.29, 0.717) is 30.3 Å². The zero-order valence-electron chi connectivity index (χ0n) is 15.3. The maximum absolute atomic E-state index is 12.7. The maximum Gasteiger partial charge on any atom is 0.262 e. The summed E-state index contributed by atoms with van der Waals surface area (Å²) in [6.45, 7) is 4.73. The summed E-state index contributed by atoms with van der Waals surface area (Å²) < 4.78 is 61.2. The van der Waals surface area contributed by atoms with E-state index in [0.717, 1.165) is 0 Å². The van der Waals surface area contributed by atoms with Gasteiger partial charge in [-0.2, -0.15) is 9.40 Å². The summed E-state index contributed by atoms with van der Waals surface area (Å²) in [6.07, 6.45) is 0. The Morgan fingerprint density at radius 3 is 2.07 bits per heavy atom. The number of hydrogen-bond acceptors (Lipinski definition) is 6. The molecule has 0 amide bonds. The van der Waals surface area contributed by atoms with Gasteiger partial charge in [0.1, 0.15) is 0 Å². The first-order valence-corrected chi connectivity index (χ1v) is 11.3. The van der Waals surface area contributed by atoms with Gasteiger partial charge in [-0.1, -0.05) is 0 Å². The van der Waals surface area contributed by atoms with Gasteiger partial charge in [-0.05, 0) is 38.1 Å². The summed E-state index contributed by atoms with van der Waals surface area (Å²) in [4.78, 5) is 0.0307. The minimum absolute atomic E-state index is 0.0221. The highest BCUT2D eigenvalue weighted by molar-refractivity contribution is 7.92.